The van der Waals surface area contributed by atoms with E-state index in [1.807, 2.05) is 0 Å². The molecule has 0 spiro atoms. The van der Waals surface area contributed by atoms with Crippen molar-refractivity contribution in [2.45, 2.75) is 271 Å². The molecule has 0 aromatic carbocycles. The molecule has 1 atom stereocenters. The van der Waals surface area contributed by atoms with Crippen LogP contribution in [0.3, 0.4) is 0 Å². The fourth-order valence-corrected chi connectivity index (χ4v) is 7.08. The first-order valence-corrected chi connectivity index (χ1v) is 24.2. The van der Waals surface area contributed by atoms with Gasteiger partial charge in [0, 0.05) is 19.3 Å². The molecule has 1 unspecified atom stereocenters. The van der Waals surface area contributed by atoms with E-state index in [0.717, 1.165) is 57.8 Å². The summed E-state index contributed by atoms with van der Waals surface area (Å²) in [6.07, 6.45) is 47.6. The van der Waals surface area contributed by atoms with E-state index >= 15 is 0 Å². The average Bonchev–Trinajstić information content (AvgIpc) is 3.18. The largest absolute Gasteiger partial charge is 0.462 e. The quantitative estimate of drug-likeness (QED) is 0.0265. The van der Waals surface area contributed by atoms with Gasteiger partial charge in [-0.05, 0) is 44.9 Å². The van der Waals surface area contributed by atoms with Crippen LogP contribution in [0.25, 0.3) is 0 Å². The molecule has 0 saturated carbocycles. The fraction of sp³-hybridized carbons (Fsp3) is 0.898. The molecule has 6 heteroatoms. The van der Waals surface area contributed by atoms with Crippen molar-refractivity contribution in [3.05, 3.63) is 12.2 Å². The minimum Gasteiger partial charge on any atom is -0.462 e. The van der Waals surface area contributed by atoms with Crippen LogP contribution < -0.4 is 0 Å². The molecule has 324 valence electrons. The third-order valence-corrected chi connectivity index (χ3v) is 10.8. The molecule has 0 amide bonds. The van der Waals surface area contributed by atoms with E-state index in [4.69, 9.17) is 14.2 Å². The predicted octanol–water partition coefficient (Wildman–Crippen LogP) is 15.4. The number of hydrogen-bond donors (Lipinski definition) is 0. The molecule has 0 heterocycles. The first kappa shape index (κ1) is 53.1. The van der Waals surface area contributed by atoms with Crippen molar-refractivity contribution in [3.63, 3.8) is 0 Å². The maximum Gasteiger partial charge on any atom is 0.306 e. The molecule has 0 N–H and O–H groups in total. The Morgan fingerprint density at radius 2 is 0.600 bits per heavy atom. The van der Waals surface area contributed by atoms with Gasteiger partial charge in [0.05, 0.1) is 0 Å². The van der Waals surface area contributed by atoms with Crippen molar-refractivity contribution < 1.29 is 28.6 Å². The van der Waals surface area contributed by atoms with E-state index in [1.54, 1.807) is 0 Å². The summed E-state index contributed by atoms with van der Waals surface area (Å²) >= 11 is 0. The number of esters is 3. The Morgan fingerprint density at radius 1 is 0.345 bits per heavy atom. The lowest BCUT2D eigenvalue weighted by Crippen LogP contribution is -2.30. The minimum absolute atomic E-state index is 0.0668. The second-order valence-corrected chi connectivity index (χ2v) is 16.4. The van der Waals surface area contributed by atoms with Gasteiger partial charge >= 0.3 is 17.9 Å². The number of carbonyl (C=O) groups excluding carboxylic acids is 3. The number of allylic oxidation sites excluding steroid dienone is 2. The fourth-order valence-electron chi connectivity index (χ4n) is 7.08. The second-order valence-electron chi connectivity index (χ2n) is 16.4. The maximum absolute atomic E-state index is 12.7. The number of carbonyl (C=O) groups is 3. The van der Waals surface area contributed by atoms with Gasteiger partial charge in [0.1, 0.15) is 13.2 Å². The SMILES string of the molecule is CCCCCC/C=C\CCCCCCCCCC(=O)OCC(COC(=O)CCCCCCCCCCC)OC(=O)CCCCCCCCCCCCCCC. The van der Waals surface area contributed by atoms with Crippen LogP contribution in [0.15, 0.2) is 12.2 Å². The summed E-state index contributed by atoms with van der Waals surface area (Å²) in [5, 5.41) is 0. The van der Waals surface area contributed by atoms with Crippen LogP contribution in [0.2, 0.25) is 0 Å². The van der Waals surface area contributed by atoms with Gasteiger partial charge in [-0.1, -0.05) is 213 Å². The molecule has 0 radical (unpaired) electrons. The Kier molecular flexibility index (Phi) is 43.4. The Hall–Kier alpha value is -1.85. The van der Waals surface area contributed by atoms with Gasteiger partial charge in [0.25, 0.3) is 0 Å². The molecular weight excluding hydrogens is 685 g/mol. The molecule has 0 aliphatic heterocycles. The monoisotopic (exact) mass is 777 g/mol. The van der Waals surface area contributed by atoms with Gasteiger partial charge in [-0.15, -0.1) is 0 Å². The molecule has 0 aliphatic rings. The smallest absolute Gasteiger partial charge is 0.306 e. The second kappa shape index (κ2) is 44.9. The van der Waals surface area contributed by atoms with Gasteiger partial charge in [0.15, 0.2) is 6.10 Å². The standard InChI is InChI=1S/C49H92O6/c1-4-7-10-13-16-19-21-23-24-26-27-30-33-36-39-42-48(51)54-45-46(44-53-47(50)41-38-35-32-29-18-15-12-9-6-3)55-49(52)43-40-37-34-31-28-25-22-20-17-14-11-8-5-2/h19,21,46H,4-18,20,22-45H2,1-3H3/b21-19-. The maximum atomic E-state index is 12.7. The molecular formula is C49H92O6. The van der Waals surface area contributed by atoms with Crippen molar-refractivity contribution in [1.29, 1.82) is 0 Å². The van der Waals surface area contributed by atoms with Crippen LogP contribution in [-0.4, -0.2) is 37.2 Å². The molecule has 0 aromatic rings. The predicted molar refractivity (Wildman–Crippen MR) is 233 cm³/mol. The van der Waals surface area contributed by atoms with Crippen LogP contribution in [0, 0.1) is 0 Å². The lowest BCUT2D eigenvalue weighted by molar-refractivity contribution is -0.167. The Labute approximate surface area is 341 Å². The van der Waals surface area contributed by atoms with Crippen LogP contribution in [0.1, 0.15) is 265 Å². The molecule has 55 heavy (non-hydrogen) atoms. The molecule has 0 aliphatic carbocycles. The van der Waals surface area contributed by atoms with Gasteiger partial charge in [-0.3, -0.25) is 14.4 Å². The summed E-state index contributed by atoms with van der Waals surface area (Å²) in [5.41, 5.74) is 0. The summed E-state index contributed by atoms with van der Waals surface area (Å²) in [6.45, 7) is 6.62. The van der Waals surface area contributed by atoms with E-state index in [0.29, 0.717) is 19.3 Å². The molecule has 0 aromatic heterocycles. The highest BCUT2D eigenvalue weighted by Gasteiger charge is 2.19. The van der Waals surface area contributed by atoms with E-state index in [-0.39, 0.29) is 31.1 Å². The number of hydrogen-bond acceptors (Lipinski definition) is 6. The average molecular weight is 777 g/mol. The van der Waals surface area contributed by atoms with Crippen molar-refractivity contribution in [2.24, 2.45) is 0 Å². The lowest BCUT2D eigenvalue weighted by Gasteiger charge is -2.18. The van der Waals surface area contributed by atoms with E-state index in [2.05, 4.69) is 32.9 Å². The summed E-state index contributed by atoms with van der Waals surface area (Å²) < 4.78 is 16.7. The van der Waals surface area contributed by atoms with E-state index in [9.17, 15) is 14.4 Å². The van der Waals surface area contributed by atoms with Gasteiger partial charge in [-0.2, -0.15) is 0 Å². The zero-order valence-electron chi connectivity index (χ0n) is 37.0. The normalized spacial score (nSPS) is 12.0. The van der Waals surface area contributed by atoms with Gasteiger partial charge in [-0.25, -0.2) is 0 Å². The topological polar surface area (TPSA) is 78.9 Å². The van der Waals surface area contributed by atoms with Crippen molar-refractivity contribution in [1.82, 2.24) is 0 Å². The number of unbranched alkanes of at least 4 members (excludes halogenated alkanes) is 31. The number of rotatable bonds is 44. The van der Waals surface area contributed by atoms with Crippen molar-refractivity contribution in [3.8, 4) is 0 Å². The van der Waals surface area contributed by atoms with Crippen LogP contribution in [-0.2, 0) is 28.6 Å². The highest BCUT2D eigenvalue weighted by molar-refractivity contribution is 5.71. The third kappa shape index (κ3) is 43.1. The lowest BCUT2D eigenvalue weighted by atomic mass is 10.0. The van der Waals surface area contributed by atoms with Crippen LogP contribution in [0.4, 0.5) is 0 Å². The molecule has 0 rings (SSSR count). The van der Waals surface area contributed by atoms with Gasteiger partial charge < -0.3 is 14.2 Å². The van der Waals surface area contributed by atoms with Crippen molar-refractivity contribution in [2.75, 3.05) is 13.2 Å². The minimum atomic E-state index is -0.763. The highest BCUT2D eigenvalue weighted by Crippen LogP contribution is 2.15. The Balaban J connectivity index is 4.30. The van der Waals surface area contributed by atoms with Crippen molar-refractivity contribution >= 4 is 17.9 Å². The first-order valence-electron chi connectivity index (χ1n) is 24.2. The summed E-state index contributed by atoms with van der Waals surface area (Å²) in [4.78, 5) is 37.7. The third-order valence-electron chi connectivity index (χ3n) is 10.8. The van der Waals surface area contributed by atoms with Crippen LogP contribution >= 0.6 is 0 Å². The Morgan fingerprint density at radius 3 is 0.927 bits per heavy atom. The molecule has 6 nitrogen and oxygen atoms in total. The zero-order valence-corrected chi connectivity index (χ0v) is 37.0. The van der Waals surface area contributed by atoms with Crippen LogP contribution in [0.5, 0.6) is 0 Å². The summed E-state index contributed by atoms with van der Waals surface area (Å²) in [6, 6.07) is 0. The zero-order chi connectivity index (χ0) is 40.1. The summed E-state index contributed by atoms with van der Waals surface area (Å²) in [7, 11) is 0. The first-order chi connectivity index (χ1) is 27.0. The molecule has 0 fully saturated rings. The highest BCUT2D eigenvalue weighted by atomic mass is 16.6. The van der Waals surface area contributed by atoms with E-state index in [1.165, 1.54) is 167 Å². The summed E-state index contributed by atoms with van der Waals surface area (Å²) in [5.74, 6) is -0.862. The van der Waals surface area contributed by atoms with E-state index < -0.39 is 6.10 Å². The Bertz CT molecular complexity index is 854. The molecule has 0 saturated heterocycles. The number of ether oxygens (including phenoxy) is 3. The molecule has 0 bridgehead atoms. The van der Waals surface area contributed by atoms with Gasteiger partial charge in [0.2, 0.25) is 0 Å².